The van der Waals surface area contributed by atoms with Crippen LogP contribution in [0.15, 0.2) is 84.3 Å². The van der Waals surface area contributed by atoms with Gasteiger partial charge in [0.25, 0.3) is 0 Å². The van der Waals surface area contributed by atoms with E-state index in [1.807, 2.05) is 78.2 Å². The van der Waals surface area contributed by atoms with Gasteiger partial charge >= 0.3 is 0 Å². The first-order valence-electron chi connectivity index (χ1n) is 9.96. The van der Waals surface area contributed by atoms with Gasteiger partial charge in [0.1, 0.15) is 6.54 Å². The number of thioether (sulfide) groups is 1. The SMILES string of the molecule is Cc1ccccc1-n1c(SCC(=O)N(CC#N)c2ccccc2)nnc1-c1cccnc1. The van der Waals surface area contributed by atoms with Crippen LogP contribution in [0.3, 0.4) is 0 Å². The first-order valence-corrected chi connectivity index (χ1v) is 10.9. The first-order chi connectivity index (χ1) is 15.7. The van der Waals surface area contributed by atoms with Crippen LogP contribution in [0.1, 0.15) is 5.56 Å². The van der Waals surface area contributed by atoms with Crippen LogP contribution in [0, 0.1) is 18.3 Å². The van der Waals surface area contributed by atoms with Gasteiger partial charge in [0, 0.05) is 23.6 Å². The smallest absolute Gasteiger partial charge is 0.238 e. The van der Waals surface area contributed by atoms with Gasteiger partial charge in [-0.1, -0.05) is 48.2 Å². The molecule has 158 valence electrons. The Morgan fingerprint density at radius 3 is 2.56 bits per heavy atom. The lowest BCUT2D eigenvalue weighted by Crippen LogP contribution is -2.32. The Bertz CT molecular complexity index is 1250. The molecule has 2 aromatic heterocycles. The summed E-state index contributed by atoms with van der Waals surface area (Å²) < 4.78 is 1.95. The van der Waals surface area contributed by atoms with Gasteiger partial charge in [-0.15, -0.1) is 10.2 Å². The lowest BCUT2D eigenvalue weighted by Gasteiger charge is -2.19. The molecule has 32 heavy (non-hydrogen) atoms. The summed E-state index contributed by atoms with van der Waals surface area (Å²) >= 11 is 1.29. The third kappa shape index (κ3) is 4.53. The fourth-order valence-corrected chi connectivity index (χ4v) is 4.10. The van der Waals surface area contributed by atoms with E-state index in [0.717, 1.165) is 16.8 Å². The van der Waals surface area contributed by atoms with Crippen LogP contribution in [-0.4, -0.2) is 38.0 Å². The zero-order valence-electron chi connectivity index (χ0n) is 17.4. The molecule has 7 nitrogen and oxygen atoms in total. The standard InChI is InChI=1S/C24H20N6OS/c1-18-8-5-6-12-21(18)30-23(19-9-7-14-26-16-19)27-28-24(30)32-17-22(31)29(15-13-25)20-10-3-2-4-11-20/h2-12,14,16H,15,17H2,1H3. The molecule has 8 heteroatoms. The van der Waals surface area contributed by atoms with Crippen molar-refractivity contribution in [1.82, 2.24) is 19.7 Å². The van der Waals surface area contributed by atoms with Crippen LogP contribution in [0.25, 0.3) is 17.1 Å². The maximum absolute atomic E-state index is 13.0. The average molecular weight is 441 g/mol. The third-order valence-corrected chi connectivity index (χ3v) is 5.75. The summed E-state index contributed by atoms with van der Waals surface area (Å²) in [6.07, 6.45) is 3.45. The van der Waals surface area contributed by atoms with Gasteiger partial charge in [-0.25, -0.2) is 0 Å². The molecule has 0 bridgehead atoms. The van der Waals surface area contributed by atoms with Crippen molar-refractivity contribution in [3.8, 4) is 23.1 Å². The molecule has 0 N–H and O–H groups in total. The predicted molar refractivity (Wildman–Crippen MR) is 124 cm³/mol. The monoisotopic (exact) mass is 440 g/mol. The number of hydrogen-bond donors (Lipinski definition) is 0. The Morgan fingerprint density at radius 1 is 1.06 bits per heavy atom. The zero-order chi connectivity index (χ0) is 22.3. The van der Waals surface area contributed by atoms with E-state index >= 15 is 0 Å². The highest BCUT2D eigenvalue weighted by molar-refractivity contribution is 7.99. The van der Waals surface area contributed by atoms with E-state index < -0.39 is 0 Å². The lowest BCUT2D eigenvalue weighted by molar-refractivity contribution is -0.116. The molecule has 0 atom stereocenters. The van der Waals surface area contributed by atoms with Crippen molar-refractivity contribution in [2.75, 3.05) is 17.2 Å². The number of rotatable bonds is 7. The van der Waals surface area contributed by atoms with Gasteiger partial charge in [0.2, 0.25) is 5.91 Å². The highest BCUT2D eigenvalue weighted by Gasteiger charge is 2.21. The molecule has 1 amide bonds. The number of para-hydroxylation sites is 2. The van der Waals surface area contributed by atoms with E-state index in [1.54, 1.807) is 12.4 Å². The molecule has 0 fully saturated rings. The topological polar surface area (TPSA) is 87.7 Å². The van der Waals surface area contributed by atoms with Crippen molar-refractivity contribution in [3.63, 3.8) is 0 Å². The van der Waals surface area contributed by atoms with Gasteiger partial charge in [-0.05, 0) is 42.8 Å². The first kappa shape index (κ1) is 21.3. The molecule has 0 aliphatic heterocycles. The summed E-state index contributed by atoms with van der Waals surface area (Å²) in [6, 6.07) is 23.0. The van der Waals surface area contributed by atoms with Gasteiger partial charge in [-0.2, -0.15) is 5.26 Å². The van der Waals surface area contributed by atoms with Crippen molar-refractivity contribution >= 4 is 23.4 Å². The van der Waals surface area contributed by atoms with Gasteiger partial charge in [0.15, 0.2) is 11.0 Å². The quantitative estimate of drug-likeness (QED) is 0.315. The number of carbonyl (C=O) groups is 1. The molecule has 0 unspecified atom stereocenters. The second-order valence-corrected chi connectivity index (χ2v) is 7.87. The summed E-state index contributed by atoms with van der Waals surface area (Å²) in [6.45, 7) is 2.00. The predicted octanol–water partition coefficient (Wildman–Crippen LogP) is 4.29. The maximum atomic E-state index is 13.0. The molecular weight excluding hydrogens is 420 g/mol. The van der Waals surface area contributed by atoms with Crippen molar-refractivity contribution < 1.29 is 4.79 Å². The number of aromatic nitrogens is 4. The number of nitriles is 1. The highest BCUT2D eigenvalue weighted by Crippen LogP contribution is 2.29. The summed E-state index contributed by atoms with van der Waals surface area (Å²) in [5.74, 6) is 0.595. The number of amides is 1. The minimum atomic E-state index is -0.176. The van der Waals surface area contributed by atoms with Crippen molar-refractivity contribution in [2.45, 2.75) is 12.1 Å². The largest absolute Gasteiger partial charge is 0.298 e. The van der Waals surface area contributed by atoms with Crippen LogP contribution >= 0.6 is 11.8 Å². The third-order valence-electron chi connectivity index (χ3n) is 4.83. The van der Waals surface area contributed by atoms with Crippen molar-refractivity contribution in [3.05, 3.63) is 84.7 Å². The van der Waals surface area contributed by atoms with Crippen LogP contribution in [0.5, 0.6) is 0 Å². The normalized spacial score (nSPS) is 10.5. The molecule has 0 spiro atoms. The molecule has 4 aromatic rings. The molecule has 0 aliphatic carbocycles. The summed E-state index contributed by atoms with van der Waals surface area (Å²) in [5.41, 5.74) is 3.51. The number of aryl methyl sites for hydroxylation is 1. The Morgan fingerprint density at radius 2 is 1.84 bits per heavy atom. The number of benzene rings is 2. The van der Waals surface area contributed by atoms with E-state index in [0.29, 0.717) is 16.7 Å². The second kappa shape index (κ2) is 9.90. The molecule has 4 rings (SSSR count). The Hall–Kier alpha value is -3.96. The fourth-order valence-electron chi connectivity index (χ4n) is 3.28. The molecule has 0 aliphatic rings. The molecule has 2 aromatic carbocycles. The van der Waals surface area contributed by atoms with Gasteiger partial charge in [0.05, 0.1) is 17.5 Å². The van der Waals surface area contributed by atoms with E-state index in [1.165, 1.54) is 16.7 Å². The number of nitrogens with zero attached hydrogens (tertiary/aromatic N) is 6. The lowest BCUT2D eigenvalue weighted by atomic mass is 10.2. The minimum Gasteiger partial charge on any atom is -0.298 e. The molecule has 2 heterocycles. The Balaban J connectivity index is 1.66. The molecule has 0 radical (unpaired) electrons. The molecule has 0 saturated heterocycles. The summed E-state index contributed by atoms with van der Waals surface area (Å²) in [7, 11) is 0. The van der Waals surface area contributed by atoms with Crippen LogP contribution in [-0.2, 0) is 4.79 Å². The van der Waals surface area contributed by atoms with Crippen LogP contribution in [0.4, 0.5) is 5.69 Å². The second-order valence-electron chi connectivity index (χ2n) is 6.93. The number of carbonyl (C=O) groups excluding carboxylic acids is 1. The van der Waals surface area contributed by atoms with Crippen LogP contribution in [0.2, 0.25) is 0 Å². The van der Waals surface area contributed by atoms with Gasteiger partial charge < -0.3 is 0 Å². The molecular formula is C24H20N6OS. The highest BCUT2D eigenvalue weighted by atomic mass is 32.2. The number of anilines is 1. The van der Waals surface area contributed by atoms with E-state index in [-0.39, 0.29) is 18.2 Å². The van der Waals surface area contributed by atoms with E-state index in [9.17, 15) is 10.1 Å². The molecule has 0 saturated carbocycles. The van der Waals surface area contributed by atoms with Crippen molar-refractivity contribution in [2.24, 2.45) is 0 Å². The van der Waals surface area contributed by atoms with E-state index in [2.05, 4.69) is 21.3 Å². The van der Waals surface area contributed by atoms with Crippen molar-refractivity contribution in [1.29, 1.82) is 5.26 Å². The summed E-state index contributed by atoms with van der Waals surface area (Å²) in [5, 5.41) is 18.6. The van der Waals surface area contributed by atoms with Gasteiger partial charge in [-0.3, -0.25) is 19.2 Å². The fraction of sp³-hybridized carbons (Fsp3) is 0.125. The van der Waals surface area contributed by atoms with E-state index in [4.69, 9.17) is 0 Å². The minimum absolute atomic E-state index is 0.0190. The maximum Gasteiger partial charge on any atom is 0.238 e. The summed E-state index contributed by atoms with van der Waals surface area (Å²) in [4.78, 5) is 18.7. The number of hydrogen-bond acceptors (Lipinski definition) is 6. The Labute approximate surface area is 190 Å². The zero-order valence-corrected chi connectivity index (χ0v) is 18.2. The van der Waals surface area contributed by atoms with Crippen LogP contribution < -0.4 is 4.90 Å². The average Bonchev–Trinajstić information content (AvgIpc) is 3.26. The number of pyridine rings is 1. The Kier molecular flexibility index (Phi) is 6.58.